The zero-order chi connectivity index (χ0) is 24.1. The molecule has 1 fully saturated rings. The van der Waals surface area contributed by atoms with Gasteiger partial charge in [0.1, 0.15) is 18.1 Å². The van der Waals surface area contributed by atoms with E-state index in [1.807, 2.05) is 67.3 Å². The standard InChI is InChI=1S/C28H31ClN2O3/c1-20-8-9-21(2)27(16-20)34-19-24-17-22(10-11-26(24)33-3)28(32)31-14-12-30(13-15-31)18-23-6-4-5-7-25(23)29/h4-11,16-17H,12-15,18-19H2,1-3H3. The van der Waals surface area contributed by atoms with E-state index in [4.69, 9.17) is 21.1 Å². The van der Waals surface area contributed by atoms with Crippen LogP contribution in [-0.4, -0.2) is 49.0 Å². The number of carbonyl (C=O) groups is 1. The van der Waals surface area contributed by atoms with E-state index in [2.05, 4.69) is 17.0 Å². The summed E-state index contributed by atoms with van der Waals surface area (Å²) in [6.07, 6.45) is 0. The van der Waals surface area contributed by atoms with Crippen molar-refractivity contribution >= 4 is 17.5 Å². The predicted molar refractivity (Wildman–Crippen MR) is 136 cm³/mol. The molecule has 1 saturated heterocycles. The third-order valence-corrected chi connectivity index (χ3v) is 6.63. The van der Waals surface area contributed by atoms with Gasteiger partial charge in [-0.2, -0.15) is 0 Å². The second kappa shape index (κ2) is 10.9. The lowest BCUT2D eigenvalue weighted by atomic mass is 10.1. The number of aryl methyl sites for hydroxylation is 2. The summed E-state index contributed by atoms with van der Waals surface area (Å²) in [4.78, 5) is 17.5. The van der Waals surface area contributed by atoms with Gasteiger partial charge in [0, 0.05) is 48.9 Å². The maximum atomic E-state index is 13.2. The van der Waals surface area contributed by atoms with E-state index < -0.39 is 0 Å². The molecule has 0 unspecified atom stereocenters. The van der Waals surface area contributed by atoms with Gasteiger partial charge >= 0.3 is 0 Å². The van der Waals surface area contributed by atoms with Crippen LogP contribution in [-0.2, 0) is 13.2 Å². The van der Waals surface area contributed by atoms with E-state index in [9.17, 15) is 4.79 Å². The lowest BCUT2D eigenvalue weighted by molar-refractivity contribution is 0.0628. The molecule has 0 N–H and O–H groups in total. The summed E-state index contributed by atoms with van der Waals surface area (Å²) >= 11 is 6.31. The summed E-state index contributed by atoms with van der Waals surface area (Å²) < 4.78 is 11.6. The average molecular weight is 479 g/mol. The molecule has 0 aromatic heterocycles. The second-order valence-corrected chi connectivity index (χ2v) is 9.15. The topological polar surface area (TPSA) is 42.0 Å². The predicted octanol–water partition coefficient (Wildman–Crippen LogP) is 5.50. The van der Waals surface area contributed by atoms with Crippen LogP contribution in [0.2, 0.25) is 5.02 Å². The summed E-state index contributed by atoms with van der Waals surface area (Å²) in [6.45, 7) is 8.20. The van der Waals surface area contributed by atoms with E-state index in [0.29, 0.717) is 31.0 Å². The van der Waals surface area contributed by atoms with Gasteiger partial charge in [-0.25, -0.2) is 0 Å². The van der Waals surface area contributed by atoms with Crippen molar-refractivity contribution in [2.75, 3.05) is 33.3 Å². The smallest absolute Gasteiger partial charge is 0.253 e. The minimum atomic E-state index is 0.0352. The van der Waals surface area contributed by atoms with Crippen molar-refractivity contribution in [1.29, 1.82) is 0 Å². The number of methoxy groups -OCH3 is 1. The largest absolute Gasteiger partial charge is 0.496 e. The van der Waals surface area contributed by atoms with Crippen molar-refractivity contribution in [2.24, 2.45) is 0 Å². The first kappa shape index (κ1) is 24.1. The first-order valence-corrected chi connectivity index (χ1v) is 11.9. The van der Waals surface area contributed by atoms with Gasteiger partial charge < -0.3 is 14.4 Å². The molecule has 4 rings (SSSR count). The maximum absolute atomic E-state index is 13.2. The van der Waals surface area contributed by atoms with Crippen molar-refractivity contribution in [1.82, 2.24) is 9.80 Å². The number of halogens is 1. The Morgan fingerprint density at radius 1 is 0.912 bits per heavy atom. The Morgan fingerprint density at radius 2 is 1.68 bits per heavy atom. The highest BCUT2D eigenvalue weighted by Gasteiger charge is 2.23. The van der Waals surface area contributed by atoms with Crippen molar-refractivity contribution in [3.8, 4) is 11.5 Å². The van der Waals surface area contributed by atoms with E-state index in [1.165, 1.54) is 0 Å². The third-order valence-electron chi connectivity index (χ3n) is 6.27. The quantitative estimate of drug-likeness (QED) is 0.449. The van der Waals surface area contributed by atoms with Gasteiger partial charge in [0.25, 0.3) is 5.91 Å². The summed E-state index contributed by atoms with van der Waals surface area (Å²) in [5, 5.41) is 0.787. The Labute approximate surface area is 206 Å². The Kier molecular flexibility index (Phi) is 7.76. The van der Waals surface area contributed by atoms with E-state index >= 15 is 0 Å². The number of carbonyl (C=O) groups excluding carboxylic acids is 1. The lowest BCUT2D eigenvalue weighted by Crippen LogP contribution is -2.48. The number of benzene rings is 3. The molecule has 0 bridgehead atoms. The minimum absolute atomic E-state index is 0.0352. The van der Waals surface area contributed by atoms with Crippen molar-refractivity contribution in [3.05, 3.63) is 93.5 Å². The summed E-state index contributed by atoms with van der Waals surface area (Å²) in [7, 11) is 1.64. The highest BCUT2D eigenvalue weighted by atomic mass is 35.5. The molecule has 3 aromatic rings. The molecule has 1 aliphatic rings. The van der Waals surface area contributed by atoms with E-state index in [-0.39, 0.29) is 5.91 Å². The van der Waals surface area contributed by atoms with Crippen molar-refractivity contribution in [3.63, 3.8) is 0 Å². The van der Waals surface area contributed by atoms with Crippen LogP contribution in [0.15, 0.2) is 60.7 Å². The van der Waals surface area contributed by atoms with Crippen LogP contribution in [0.3, 0.4) is 0 Å². The van der Waals surface area contributed by atoms with Crippen LogP contribution in [0.25, 0.3) is 0 Å². The van der Waals surface area contributed by atoms with E-state index in [0.717, 1.165) is 52.7 Å². The second-order valence-electron chi connectivity index (χ2n) is 8.74. The average Bonchev–Trinajstić information content (AvgIpc) is 2.86. The number of rotatable bonds is 7. The molecule has 0 aliphatic carbocycles. The normalized spacial score (nSPS) is 14.2. The van der Waals surface area contributed by atoms with Crippen molar-refractivity contribution in [2.45, 2.75) is 27.0 Å². The molecule has 0 atom stereocenters. The summed E-state index contributed by atoms with van der Waals surface area (Å²) in [5.41, 5.74) is 4.84. The number of hydrogen-bond donors (Lipinski definition) is 0. The number of piperazine rings is 1. The molecule has 0 saturated carbocycles. The van der Waals surface area contributed by atoms with Crippen molar-refractivity contribution < 1.29 is 14.3 Å². The molecule has 1 heterocycles. The summed E-state index contributed by atoms with van der Waals surface area (Å²) in [5.74, 6) is 1.59. The first-order chi connectivity index (χ1) is 16.4. The monoisotopic (exact) mass is 478 g/mol. The molecule has 6 heteroatoms. The van der Waals surface area contributed by atoms with Gasteiger partial charge in [-0.1, -0.05) is 41.9 Å². The molecular weight excluding hydrogens is 448 g/mol. The van der Waals surface area contributed by atoms with Crippen LogP contribution in [0.1, 0.15) is 32.6 Å². The third kappa shape index (κ3) is 5.72. The number of hydrogen-bond acceptors (Lipinski definition) is 4. The van der Waals surface area contributed by atoms with Gasteiger partial charge in [-0.05, 0) is 60.9 Å². The molecule has 178 valence electrons. The van der Waals surface area contributed by atoms with Gasteiger partial charge in [0.15, 0.2) is 0 Å². The fourth-order valence-electron chi connectivity index (χ4n) is 4.20. The van der Waals surface area contributed by atoms with Crippen LogP contribution in [0, 0.1) is 13.8 Å². The van der Waals surface area contributed by atoms with Crippen LogP contribution in [0.4, 0.5) is 0 Å². The lowest BCUT2D eigenvalue weighted by Gasteiger charge is -2.35. The SMILES string of the molecule is COc1ccc(C(=O)N2CCN(Cc3ccccc3Cl)CC2)cc1COc1cc(C)ccc1C. The molecule has 5 nitrogen and oxygen atoms in total. The molecule has 1 amide bonds. The molecule has 3 aromatic carbocycles. The molecule has 1 aliphatic heterocycles. The Morgan fingerprint density at radius 3 is 2.41 bits per heavy atom. The zero-order valence-corrected chi connectivity index (χ0v) is 20.8. The number of amides is 1. The molecule has 34 heavy (non-hydrogen) atoms. The maximum Gasteiger partial charge on any atom is 0.253 e. The van der Waals surface area contributed by atoms with Gasteiger partial charge in [-0.3, -0.25) is 9.69 Å². The van der Waals surface area contributed by atoms with Crippen LogP contribution < -0.4 is 9.47 Å². The van der Waals surface area contributed by atoms with Gasteiger partial charge in [0.2, 0.25) is 0 Å². The molecule has 0 spiro atoms. The zero-order valence-electron chi connectivity index (χ0n) is 20.0. The first-order valence-electron chi connectivity index (χ1n) is 11.6. The highest BCUT2D eigenvalue weighted by molar-refractivity contribution is 6.31. The Bertz CT molecular complexity index is 1160. The van der Waals surface area contributed by atoms with Crippen LogP contribution >= 0.6 is 11.6 Å². The van der Waals surface area contributed by atoms with Gasteiger partial charge in [0.05, 0.1) is 7.11 Å². The van der Waals surface area contributed by atoms with E-state index in [1.54, 1.807) is 7.11 Å². The van der Waals surface area contributed by atoms with Gasteiger partial charge in [-0.15, -0.1) is 0 Å². The minimum Gasteiger partial charge on any atom is -0.496 e. The summed E-state index contributed by atoms with van der Waals surface area (Å²) in [6, 6.07) is 19.6. The fourth-order valence-corrected chi connectivity index (χ4v) is 4.40. The number of ether oxygens (including phenoxy) is 2. The fraction of sp³-hybridized carbons (Fsp3) is 0.321. The number of nitrogens with zero attached hydrogens (tertiary/aromatic N) is 2. The Hall–Kier alpha value is -3.02. The molecular formula is C28H31ClN2O3. The highest BCUT2D eigenvalue weighted by Crippen LogP contribution is 2.26. The Balaban J connectivity index is 1.40. The molecule has 0 radical (unpaired) electrons. The van der Waals surface area contributed by atoms with Crippen LogP contribution in [0.5, 0.6) is 11.5 Å².